The summed E-state index contributed by atoms with van der Waals surface area (Å²) < 4.78 is 0.391. The monoisotopic (exact) mass is 305 g/mol. The van der Waals surface area contributed by atoms with Crippen molar-refractivity contribution in [1.29, 1.82) is 0 Å². The molecule has 0 unspecified atom stereocenters. The molecule has 0 atom stereocenters. The van der Waals surface area contributed by atoms with Gasteiger partial charge < -0.3 is 4.90 Å². The molecule has 0 radical (unpaired) electrons. The van der Waals surface area contributed by atoms with E-state index in [-0.39, 0.29) is 23.3 Å². The fourth-order valence-corrected chi connectivity index (χ4v) is 3.17. The van der Waals surface area contributed by atoms with Crippen LogP contribution in [0.3, 0.4) is 0 Å². The second kappa shape index (κ2) is 4.99. The third-order valence-corrected chi connectivity index (χ3v) is 4.48. The molecule has 0 spiro atoms. The van der Waals surface area contributed by atoms with E-state index >= 15 is 0 Å². The second-order valence-corrected chi connectivity index (χ2v) is 5.88. The Balaban J connectivity index is 2.08. The Morgan fingerprint density at radius 1 is 1.35 bits per heavy atom. The van der Waals surface area contributed by atoms with Gasteiger partial charge in [-0.25, -0.2) is 0 Å². The quantitative estimate of drug-likeness (QED) is 0.779. The predicted octanol–water partition coefficient (Wildman–Crippen LogP) is 1.62. The smallest absolute Gasteiger partial charge is 0.279 e. The number of likely N-dealkylation sites (N-methyl/N-ethyl adjacent to an activating group) is 1. The van der Waals surface area contributed by atoms with E-state index in [1.807, 2.05) is 31.2 Å². The number of thioether (sulfide) groups is 1. The topological polar surface area (TPSA) is 53.0 Å². The summed E-state index contributed by atoms with van der Waals surface area (Å²) in [6.45, 7) is 2.46. The third kappa shape index (κ3) is 1.94. The molecule has 1 saturated heterocycles. The summed E-state index contributed by atoms with van der Waals surface area (Å²) in [7, 11) is 0. The first-order valence-corrected chi connectivity index (χ1v) is 7.52. The van der Waals surface area contributed by atoms with Gasteiger partial charge >= 0.3 is 0 Å². The summed E-state index contributed by atoms with van der Waals surface area (Å²) >= 11 is 6.35. The Morgan fingerprint density at radius 2 is 2.10 bits per heavy atom. The molecule has 0 aliphatic carbocycles. The van der Waals surface area contributed by atoms with Crippen LogP contribution in [-0.4, -0.2) is 39.2 Å². The van der Waals surface area contributed by atoms with Gasteiger partial charge in [0.1, 0.15) is 0 Å². The summed E-state index contributed by atoms with van der Waals surface area (Å²) in [5.41, 5.74) is 1.84. The summed E-state index contributed by atoms with van der Waals surface area (Å²) in [5, 5.41) is 5.36. The van der Waals surface area contributed by atoms with Crippen molar-refractivity contribution in [3.63, 3.8) is 0 Å². The van der Waals surface area contributed by atoms with E-state index in [1.54, 1.807) is 4.90 Å². The first-order valence-electron chi connectivity index (χ1n) is 6.13. The first-order chi connectivity index (χ1) is 9.63. The molecule has 7 heteroatoms. The average Bonchev–Trinajstić information content (AvgIpc) is 2.91. The molecule has 102 valence electrons. The Labute approximate surface area is 125 Å². The van der Waals surface area contributed by atoms with E-state index in [2.05, 4.69) is 5.10 Å². The van der Waals surface area contributed by atoms with Gasteiger partial charge in [-0.2, -0.15) is 10.1 Å². The highest BCUT2D eigenvalue weighted by molar-refractivity contribution is 8.23. The normalized spacial score (nSPS) is 20.2. The highest BCUT2D eigenvalue weighted by atomic mass is 32.2. The zero-order valence-corrected chi connectivity index (χ0v) is 12.3. The summed E-state index contributed by atoms with van der Waals surface area (Å²) in [6.07, 6.45) is 0. The number of hydrogen-bond acceptors (Lipinski definition) is 5. The van der Waals surface area contributed by atoms with Crippen LogP contribution in [0.15, 0.2) is 29.4 Å². The Bertz CT molecular complexity index is 641. The molecule has 5 nitrogen and oxygen atoms in total. The number of fused-ring (bicyclic) bond motifs is 1. The highest BCUT2D eigenvalue weighted by Crippen LogP contribution is 2.30. The molecule has 0 saturated carbocycles. The summed E-state index contributed by atoms with van der Waals surface area (Å²) in [5.74, 6) is -0.0999. The minimum Gasteiger partial charge on any atom is -0.307 e. The van der Waals surface area contributed by atoms with Crippen molar-refractivity contribution < 1.29 is 9.59 Å². The molecule has 2 heterocycles. The zero-order valence-electron chi connectivity index (χ0n) is 10.7. The van der Waals surface area contributed by atoms with Crippen LogP contribution < -0.4 is 4.90 Å². The lowest BCUT2D eigenvalue weighted by molar-refractivity contribution is -0.124. The molecule has 0 aromatic heterocycles. The van der Waals surface area contributed by atoms with Crippen LogP contribution in [0.2, 0.25) is 0 Å². The number of anilines is 1. The lowest BCUT2D eigenvalue weighted by atomic mass is 10.1. The Kier molecular flexibility index (Phi) is 3.31. The van der Waals surface area contributed by atoms with Crippen LogP contribution in [0.1, 0.15) is 12.5 Å². The van der Waals surface area contributed by atoms with E-state index in [9.17, 15) is 9.59 Å². The molecule has 0 bridgehead atoms. The largest absolute Gasteiger partial charge is 0.307 e. The number of thiocarbonyl (C=S) groups is 1. The third-order valence-electron chi connectivity index (χ3n) is 3.14. The summed E-state index contributed by atoms with van der Waals surface area (Å²) in [6, 6.07) is 7.43. The van der Waals surface area contributed by atoms with E-state index in [0.717, 1.165) is 16.3 Å². The van der Waals surface area contributed by atoms with E-state index in [4.69, 9.17) is 12.2 Å². The van der Waals surface area contributed by atoms with Crippen LogP contribution in [0.4, 0.5) is 5.69 Å². The van der Waals surface area contributed by atoms with Crippen molar-refractivity contribution >= 4 is 51.5 Å². The number of hydrogen-bond donors (Lipinski definition) is 0. The standard InChI is InChI=1S/C13H11N3O2S2/c1-2-15-9-6-4-3-5-8(9)11(12(15)18)14-16-10(17)7-20-13(16)19/h3-6H,2,7H2,1H3. The molecule has 2 aliphatic heterocycles. The number of amides is 2. The molecule has 1 aromatic carbocycles. The van der Waals surface area contributed by atoms with Gasteiger partial charge in [-0.15, -0.1) is 0 Å². The number of benzene rings is 1. The lowest BCUT2D eigenvalue weighted by Crippen LogP contribution is -2.32. The fourth-order valence-electron chi connectivity index (χ4n) is 2.22. The maximum absolute atomic E-state index is 12.4. The van der Waals surface area contributed by atoms with Crippen LogP contribution in [0.25, 0.3) is 0 Å². The molecular formula is C13H11N3O2S2. The van der Waals surface area contributed by atoms with Crippen molar-refractivity contribution in [2.75, 3.05) is 17.2 Å². The van der Waals surface area contributed by atoms with Crippen molar-refractivity contribution in [1.82, 2.24) is 5.01 Å². The van der Waals surface area contributed by atoms with Gasteiger partial charge in [0, 0.05) is 12.1 Å². The minimum absolute atomic E-state index is 0.187. The maximum Gasteiger partial charge on any atom is 0.279 e. The SMILES string of the molecule is CCN1C(=O)C(=NN2C(=O)CSC2=S)c2ccccc21. The van der Waals surface area contributed by atoms with Gasteiger partial charge in [-0.3, -0.25) is 9.59 Å². The average molecular weight is 305 g/mol. The van der Waals surface area contributed by atoms with Crippen molar-refractivity contribution in [3.05, 3.63) is 29.8 Å². The second-order valence-electron chi connectivity index (χ2n) is 4.28. The summed E-state index contributed by atoms with van der Waals surface area (Å²) in [4.78, 5) is 25.8. The zero-order chi connectivity index (χ0) is 14.3. The van der Waals surface area contributed by atoms with Crippen molar-refractivity contribution in [3.8, 4) is 0 Å². The number of hydrazone groups is 1. The number of carbonyl (C=O) groups excluding carboxylic acids is 2. The van der Waals surface area contributed by atoms with Crippen molar-refractivity contribution in [2.24, 2.45) is 5.10 Å². The maximum atomic E-state index is 12.4. The van der Waals surface area contributed by atoms with Gasteiger partial charge in [0.2, 0.25) is 0 Å². The van der Waals surface area contributed by atoms with Crippen LogP contribution in [-0.2, 0) is 9.59 Å². The van der Waals surface area contributed by atoms with E-state index < -0.39 is 0 Å². The fraction of sp³-hybridized carbons (Fsp3) is 0.231. The molecule has 0 N–H and O–H groups in total. The highest BCUT2D eigenvalue weighted by Gasteiger charge is 2.35. The van der Waals surface area contributed by atoms with Gasteiger partial charge in [-0.1, -0.05) is 42.2 Å². The number of carbonyl (C=O) groups is 2. The molecule has 1 fully saturated rings. The van der Waals surface area contributed by atoms with Crippen LogP contribution in [0.5, 0.6) is 0 Å². The Hall–Kier alpha value is -1.73. The van der Waals surface area contributed by atoms with Gasteiger partial charge in [0.25, 0.3) is 11.8 Å². The predicted molar refractivity (Wildman–Crippen MR) is 82.9 cm³/mol. The van der Waals surface area contributed by atoms with Crippen molar-refractivity contribution in [2.45, 2.75) is 6.92 Å². The molecule has 20 heavy (non-hydrogen) atoms. The molecular weight excluding hydrogens is 294 g/mol. The minimum atomic E-state index is -0.193. The van der Waals surface area contributed by atoms with Crippen LogP contribution in [0, 0.1) is 0 Å². The van der Waals surface area contributed by atoms with E-state index in [1.165, 1.54) is 11.8 Å². The molecule has 2 amide bonds. The van der Waals surface area contributed by atoms with Gasteiger partial charge in [-0.05, 0) is 13.0 Å². The van der Waals surface area contributed by atoms with Crippen LogP contribution >= 0.6 is 24.0 Å². The van der Waals surface area contributed by atoms with E-state index in [0.29, 0.717) is 10.9 Å². The lowest BCUT2D eigenvalue weighted by Gasteiger charge is -2.13. The molecule has 3 rings (SSSR count). The molecule has 1 aromatic rings. The van der Waals surface area contributed by atoms with Gasteiger partial charge in [0.15, 0.2) is 10.0 Å². The Morgan fingerprint density at radius 3 is 2.75 bits per heavy atom. The molecule has 2 aliphatic rings. The van der Waals surface area contributed by atoms with Gasteiger partial charge in [0.05, 0.1) is 11.4 Å². The number of para-hydroxylation sites is 1. The number of nitrogens with zero attached hydrogens (tertiary/aromatic N) is 3. The first kappa shape index (κ1) is 13.3. The number of rotatable bonds is 2.